The molecule has 142 valence electrons. The molecule has 0 spiro atoms. The van der Waals surface area contributed by atoms with Gasteiger partial charge in [0.1, 0.15) is 11.5 Å². The average molecular weight is 393 g/mol. The van der Waals surface area contributed by atoms with Gasteiger partial charge >= 0.3 is 0 Å². The van der Waals surface area contributed by atoms with Gasteiger partial charge in [0.05, 0.1) is 6.04 Å². The van der Waals surface area contributed by atoms with E-state index in [-0.39, 0.29) is 11.9 Å². The molecule has 0 aliphatic carbocycles. The van der Waals surface area contributed by atoms with Gasteiger partial charge in [0.15, 0.2) is 0 Å². The maximum atomic E-state index is 11.5. The average Bonchev–Trinajstić information content (AvgIpc) is 3.15. The predicted octanol–water partition coefficient (Wildman–Crippen LogP) is 5.70. The number of rotatable bonds is 6. The Hall–Kier alpha value is -2.98. The fourth-order valence-corrected chi connectivity index (χ4v) is 3.52. The van der Waals surface area contributed by atoms with Crippen molar-refractivity contribution >= 4 is 23.2 Å². The van der Waals surface area contributed by atoms with E-state index in [2.05, 4.69) is 16.7 Å². The first-order valence-corrected chi connectivity index (χ1v) is 9.70. The Bertz CT molecular complexity index is 975. The molecule has 1 fully saturated rings. The monoisotopic (exact) mass is 392 g/mol. The van der Waals surface area contributed by atoms with Crippen LogP contribution in [0.1, 0.15) is 30.0 Å². The van der Waals surface area contributed by atoms with Crippen LogP contribution in [0.3, 0.4) is 0 Å². The first-order chi connectivity index (χ1) is 13.7. The van der Waals surface area contributed by atoms with Gasteiger partial charge in [0.2, 0.25) is 5.91 Å². The van der Waals surface area contributed by atoms with E-state index in [0.717, 1.165) is 29.0 Å². The summed E-state index contributed by atoms with van der Waals surface area (Å²) in [7, 11) is 0. The summed E-state index contributed by atoms with van der Waals surface area (Å²) in [6.45, 7) is 0.602. The van der Waals surface area contributed by atoms with Gasteiger partial charge in [0, 0.05) is 23.7 Å². The second kappa shape index (κ2) is 8.36. The van der Waals surface area contributed by atoms with E-state index in [0.29, 0.717) is 23.7 Å². The lowest BCUT2D eigenvalue weighted by atomic mass is 10.0. The molecular formula is C23H21ClN2O2. The highest BCUT2D eigenvalue weighted by atomic mass is 35.5. The van der Waals surface area contributed by atoms with E-state index in [1.165, 1.54) is 0 Å². The van der Waals surface area contributed by atoms with Crippen LogP contribution in [0.25, 0.3) is 0 Å². The molecule has 1 heterocycles. The Labute approximate surface area is 169 Å². The Morgan fingerprint density at radius 1 is 1.00 bits per heavy atom. The molecule has 1 aliphatic rings. The smallest absolute Gasteiger partial charge is 0.220 e. The topological polar surface area (TPSA) is 50.4 Å². The number of hydrogen-bond acceptors (Lipinski definition) is 3. The van der Waals surface area contributed by atoms with Crippen LogP contribution in [0.4, 0.5) is 5.69 Å². The number of ether oxygens (including phenoxy) is 1. The molecule has 0 radical (unpaired) electrons. The molecule has 1 unspecified atom stereocenters. The lowest BCUT2D eigenvalue weighted by Crippen LogP contribution is -2.18. The highest BCUT2D eigenvalue weighted by molar-refractivity contribution is 6.31. The van der Waals surface area contributed by atoms with Crippen molar-refractivity contribution in [3.63, 3.8) is 0 Å². The van der Waals surface area contributed by atoms with Crippen LogP contribution >= 0.6 is 11.6 Å². The third kappa shape index (κ3) is 4.46. The molecule has 3 aromatic rings. The molecule has 1 aliphatic heterocycles. The molecule has 5 heteroatoms. The van der Waals surface area contributed by atoms with E-state index in [9.17, 15) is 4.79 Å². The van der Waals surface area contributed by atoms with Crippen molar-refractivity contribution in [3.05, 3.63) is 88.9 Å². The quantitative estimate of drug-likeness (QED) is 0.566. The Morgan fingerprint density at radius 3 is 2.61 bits per heavy atom. The number of para-hydroxylation sites is 1. The van der Waals surface area contributed by atoms with Gasteiger partial charge < -0.3 is 15.4 Å². The zero-order chi connectivity index (χ0) is 19.3. The SMILES string of the molecule is O=C1CCC(c2cccc(NCc3ccc(Oc4ccccc4)cc3Cl)c2)N1. The van der Waals surface area contributed by atoms with Gasteiger partial charge in [-0.15, -0.1) is 0 Å². The van der Waals surface area contributed by atoms with Gasteiger partial charge in [-0.25, -0.2) is 0 Å². The number of carbonyl (C=O) groups excluding carboxylic acids is 1. The van der Waals surface area contributed by atoms with Crippen molar-refractivity contribution in [2.24, 2.45) is 0 Å². The standard InChI is InChI=1S/C23H21ClN2O2/c24-21-14-20(28-19-7-2-1-3-8-19)10-9-17(21)15-25-18-6-4-5-16(13-18)22-11-12-23(27)26-22/h1-10,13-14,22,25H,11-12,15H2,(H,26,27). The second-order valence-electron chi connectivity index (χ2n) is 6.81. The van der Waals surface area contributed by atoms with Gasteiger partial charge in [-0.1, -0.05) is 48.0 Å². The summed E-state index contributed by atoms with van der Waals surface area (Å²) in [5.74, 6) is 1.60. The molecule has 1 saturated heterocycles. The zero-order valence-corrected chi connectivity index (χ0v) is 16.1. The number of benzene rings is 3. The minimum absolute atomic E-state index is 0.104. The maximum absolute atomic E-state index is 11.5. The molecular weight excluding hydrogens is 372 g/mol. The van der Waals surface area contributed by atoms with Crippen molar-refractivity contribution in [2.45, 2.75) is 25.4 Å². The normalized spacial score (nSPS) is 15.9. The summed E-state index contributed by atoms with van der Waals surface area (Å²) in [5.41, 5.74) is 3.11. The van der Waals surface area contributed by atoms with E-state index in [1.807, 2.05) is 66.7 Å². The van der Waals surface area contributed by atoms with Crippen LogP contribution < -0.4 is 15.4 Å². The fraction of sp³-hybridized carbons (Fsp3) is 0.174. The van der Waals surface area contributed by atoms with Crippen molar-refractivity contribution in [1.82, 2.24) is 5.32 Å². The van der Waals surface area contributed by atoms with Crippen LogP contribution in [0, 0.1) is 0 Å². The summed E-state index contributed by atoms with van der Waals surface area (Å²) < 4.78 is 5.82. The molecule has 0 aromatic heterocycles. The number of carbonyl (C=O) groups is 1. The van der Waals surface area contributed by atoms with Crippen molar-refractivity contribution in [3.8, 4) is 11.5 Å². The second-order valence-corrected chi connectivity index (χ2v) is 7.21. The summed E-state index contributed by atoms with van der Waals surface area (Å²) in [6, 6.07) is 23.6. The van der Waals surface area contributed by atoms with Crippen LogP contribution in [-0.2, 0) is 11.3 Å². The van der Waals surface area contributed by atoms with Crippen molar-refractivity contribution < 1.29 is 9.53 Å². The van der Waals surface area contributed by atoms with Gasteiger partial charge in [-0.3, -0.25) is 4.79 Å². The number of halogens is 1. The molecule has 1 atom stereocenters. The molecule has 1 amide bonds. The van der Waals surface area contributed by atoms with E-state index >= 15 is 0 Å². The molecule has 28 heavy (non-hydrogen) atoms. The number of anilines is 1. The molecule has 3 aromatic carbocycles. The van der Waals surface area contributed by atoms with Crippen LogP contribution in [0.15, 0.2) is 72.8 Å². The van der Waals surface area contributed by atoms with E-state index < -0.39 is 0 Å². The van der Waals surface area contributed by atoms with Gasteiger partial charge in [0.25, 0.3) is 0 Å². The molecule has 4 nitrogen and oxygen atoms in total. The summed E-state index contributed by atoms with van der Waals surface area (Å²) in [6.07, 6.45) is 1.44. The van der Waals surface area contributed by atoms with E-state index in [4.69, 9.17) is 16.3 Å². The summed E-state index contributed by atoms with van der Waals surface area (Å²) in [4.78, 5) is 11.5. The zero-order valence-electron chi connectivity index (χ0n) is 15.3. The minimum Gasteiger partial charge on any atom is -0.457 e. The lowest BCUT2D eigenvalue weighted by molar-refractivity contribution is -0.119. The lowest BCUT2D eigenvalue weighted by Gasteiger charge is -2.14. The van der Waals surface area contributed by atoms with Crippen molar-refractivity contribution in [1.29, 1.82) is 0 Å². The third-order valence-electron chi connectivity index (χ3n) is 4.77. The maximum Gasteiger partial charge on any atom is 0.220 e. The Morgan fingerprint density at radius 2 is 1.86 bits per heavy atom. The fourth-order valence-electron chi connectivity index (χ4n) is 3.29. The summed E-state index contributed by atoms with van der Waals surface area (Å²) in [5, 5.41) is 7.07. The van der Waals surface area contributed by atoms with Gasteiger partial charge in [-0.2, -0.15) is 0 Å². The minimum atomic E-state index is 0.104. The molecule has 0 bridgehead atoms. The van der Waals surface area contributed by atoms with E-state index in [1.54, 1.807) is 0 Å². The Balaban J connectivity index is 1.40. The predicted molar refractivity (Wildman–Crippen MR) is 112 cm³/mol. The van der Waals surface area contributed by atoms with Crippen LogP contribution in [0.5, 0.6) is 11.5 Å². The highest BCUT2D eigenvalue weighted by Crippen LogP contribution is 2.28. The summed E-state index contributed by atoms with van der Waals surface area (Å²) >= 11 is 6.45. The van der Waals surface area contributed by atoms with Gasteiger partial charge in [-0.05, 0) is 53.9 Å². The van der Waals surface area contributed by atoms with Crippen LogP contribution in [-0.4, -0.2) is 5.91 Å². The first kappa shape index (κ1) is 18.4. The largest absolute Gasteiger partial charge is 0.457 e. The first-order valence-electron chi connectivity index (χ1n) is 9.32. The Kier molecular flexibility index (Phi) is 5.49. The van der Waals surface area contributed by atoms with Crippen molar-refractivity contribution in [2.75, 3.05) is 5.32 Å². The number of hydrogen-bond donors (Lipinski definition) is 2. The van der Waals surface area contributed by atoms with Crippen LogP contribution in [0.2, 0.25) is 5.02 Å². The highest BCUT2D eigenvalue weighted by Gasteiger charge is 2.22. The third-order valence-corrected chi connectivity index (χ3v) is 5.12. The molecule has 2 N–H and O–H groups in total. The molecule has 0 saturated carbocycles. The number of amides is 1. The molecule has 4 rings (SSSR count). The number of nitrogens with one attached hydrogen (secondary N) is 2.